The third-order valence-electron chi connectivity index (χ3n) is 2.80. The maximum absolute atomic E-state index is 13.3. The van der Waals surface area contributed by atoms with E-state index in [1.54, 1.807) is 24.3 Å². The van der Waals surface area contributed by atoms with Crippen LogP contribution in [0.3, 0.4) is 0 Å². The highest BCUT2D eigenvalue weighted by molar-refractivity contribution is 6.31. The summed E-state index contributed by atoms with van der Waals surface area (Å²) >= 11 is 5.85. The van der Waals surface area contributed by atoms with Gasteiger partial charge in [0.15, 0.2) is 0 Å². The molecule has 1 aromatic heterocycles. The summed E-state index contributed by atoms with van der Waals surface area (Å²) in [5.74, 6) is -0.0149. The minimum Gasteiger partial charge on any atom is -0.481 e. The van der Waals surface area contributed by atoms with Crippen molar-refractivity contribution in [1.82, 2.24) is 4.98 Å². The predicted molar refractivity (Wildman–Crippen MR) is 70.9 cm³/mol. The van der Waals surface area contributed by atoms with E-state index in [-0.39, 0.29) is 11.4 Å². The van der Waals surface area contributed by atoms with Crippen molar-refractivity contribution >= 4 is 11.6 Å². The smallest absolute Gasteiger partial charge is 0.212 e. The van der Waals surface area contributed by atoms with Crippen molar-refractivity contribution in [2.24, 2.45) is 0 Å². The van der Waals surface area contributed by atoms with Gasteiger partial charge in [0.25, 0.3) is 0 Å². The average molecular weight is 282 g/mol. The fourth-order valence-electron chi connectivity index (χ4n) is 1.74. The van der Waals surface area contributed by atoms with Crippen LogP contribution in [0.25, 0.3) is 0 Å². The van der Waals surface area contributed by atoms with Gasteiger partial charge < -0.3 is 9.84 Å². The van der Waals surface area contributed by atoms with E-state index >= 15 is 0 Å². The van der Waals surface area contributed by atoms with Crippen LogP contribution in [0, 0.1) is 5.82 Å². The molecule has 0 saturated carbocycles. The Morgan fingerprint density at radius 2 is 2.16 bits per heavy atom. The number of hydrogen-bond donors (Lipinski definition) is 1. The molecule has 1 heterocycles. The summed E-state index contributed by atoms with van der Waals surface area (Å²) in [6.45, 7) is 0. The number of aliphatic hydroxyl groups excluding tert-OH is 1. The molecule has 1 unspecified atom stereocenters. The van der Waals surface area contributed by atoms with E-state index < -0.39 is 11.9 Å². The van der Waals surface area contributed by atoms with Crippen molar-refractivity contribution in [1.29, 1.82) is 0 Å². The van der Waals surface area contributed by atoms with Crippen LogP contribution in [0.1, 0.15) is 17.2 Å². The summed E-state index contributed by atoms with van der Waals surface area (Å²) in [4.78, 5) is 4.01. The van der Waals surface area contributed by atoms with E-state index in [2.05, 4.69) is 4.98 Å². The first-order chi connectivity index (χ1) is 9.11. The molecule has 0 aliphatic rings. The van der Waals surface area contributed by atoms with Gasteiger partial charge in [-0.2, -0.15) is 0 Å². The highest BCUT2D eigenvalue weighted by Gasteiger charge is 2.13. The topological polar surface area (TPSA) is 42.4 Å². The number of methoxy groups -OCH3 is 1. The Labute approximate surface area is 115 Å². The molecule has 0 radical (unpaired) electrons. The van der Waals surface area contributed by atoms with Crippen LogP contribution < -0.4 is 4.74 Å². The van der Waals surface area contributed by atoms with Crippen molar-refractivity contribution in [2.45, 2.75) is 12.5 Å². The molecule has 1 atom stereocenters. The van der Waals surface area contributed by atoms with E-state index in [9.17, 15) is 9.50 Å². The van der Waals surface area contributed by atoms with Crippen LogP contribution in [0.5, 0.6) is 5.88 Å². The normalized spacial score (nSPS) is 12.2. The quantitative estimate of drug-likeness (QED) is 0.936. The molecule has 5 heteroatoms. The van der Waals surface area contributed by atoms with Crippen LogP contribution in [0.15, 0.2) is 36.5 Å². The molecule has 0 fully saturated rings. The van der Waals surface area contributed by atoms with Gasteiger partial charge in [0, 0.05) is 18.7 Å². The summed E-state index contributed by atoms with van der Waals surface area (Å²) < 4.78 is 18.2. The molecular formula is C14H13ClFNO2. The number of hydrogen-bond acceptors (Lipinski definition) is 3. The van der Waals surface area contributed by atoms with Gasteiger partial charge in [0.05, 0.1) is 18.2 Å². The minimum atomic E-state index is -0.794. The third kappa shape index (κ3) is 3.22. The second-order valence-electron chi connectivity index (χ2n) is 4.07. The van der Waals surface area contributed by atoms with Crippen molar-refractivity contribution in [3.05, 3.63) is 58.5 Å². The van der Waals surface area contributed by atoms with Crippen molar-refractivity contribution in [2.75, 3.05) is 7.11 Å². The Morgan fingerprint density at radius 3 is 2.79 bits per heavy atom. The first-order valence-electron chi connectivity index (χ1n) is 5.72. The molecule has 0 spiro atoms. The molecule has 2 aromatic rings. The first-order valence-corrected chi connectivity index (χ1v) is 6.10. The van der Waals surface area contributed by atoms with E-state index in [4.69, 9.17) is 16.3 Å². The Balaban J connectivity index is 2.15. The van der Waals surface area contributed by atoms with E-state index in [1.807, 2.05) is 0 Å². The van der Waals surface area contributed by atoms with Crippen molar-refractivity contribution in [3.8, 4) is 5.88 Å². The Kier molecular flexibility index (Phi) is 4.35. The lowest BCUT2D eigenvalue weighted by Crippen LogP contribution is -2.03. The first kappa shape index (κ1) is 13.8. The zero-order valence-electron chi connectivity index (χ0n) is 10.3. The largest absolute Gasteiger partial charge is 0.481 e. The molecule has 19 heavy (non-hydrogen) atoms. The van der Waals surface area contributed by atoms with Gasteiger partial charge in [0.1, 0.15) is 5.82 Å². The molecule has 0 aliphatic carbocycles. The molecule has 1 aromatic carbocycles. The Bertz CT molecular complexity index is 560. The minimum absolute atomic E-state index is 0.0445. The lowest BCUT2D eigenvalue weighted by molar-refractivity contribution is 0.178. The number of ether oxygens (including phenoxy) is 1. The zero-order chi connectivity index (χ0) is 13.8. The van der Waals surface area contributed by atoms with Gasteiger partial charge >= 0.3 is 0 Å². The summed E-state index contributed by atoms with van der Waals surface area (Å²) in [5.41, 5.74) is 1.19. The van der Waals surface area contributed by atoms with Gasteiger partial charge in [0.2, 0.25) is 5.88 Å². The van der Waals surface area contributed by atoms with E-state index in [0.717, 1.165) is 0 Å². The van der Waals surface area contributed by atoms with Crippen molar-refractivity contribution < 1.29 is 14.2 Å². The van der Waals surface area contributed by atoms with Crippen molar-refractivity contribution in [3.63, 3.8) is 0 Å². The molecule has 1 N–H and O–H groups in total. The molecule has 0 saturated heterocycles. The zero-order valence-corrected chi connectivity index (χ0v) is 11.1. The average Bonchev–Trinajstić information content (AvgIpc) is 2.44. The SMILES string of the molecule is COc1ccc(C(O)Cc2cccc(F)c2Cl)cn1. The molecule has 0 bridgehead atoms. The van der Waals surface area contributed by atoms with Crippen LogP contribution >= 0.6 is 11.6 Å². The number of aliphatic hydroxyl groups is 1. The van der Waals surface area contributed by atoms with Crippen LogP contribution in [-0.2, 0) is 6.42 Å². The second-order valence-corrected chi connectivity index (χ2v) is 4.44. The number of pyridine rings is 1. The Morgan fingerprint density at radius 1 is 1.37 bits per heavy atom. The van der Waals surface area contributed by atoms with Crippen LogP contribution in [0.4, 0.5) is 4.39 Å². The monoisotopic (exact) mass is 281 g/mol. The van der Waals surface area contributed by atoms with Gasteiger partial charge in [-0.1, -0.05) is 23.7 Å². The highest BCUT2D eigenvalue weighted by Crippen LogP contribution is 2.25. The standard InChI is InChI=1S/C14H13ClFNO2/c1-19-13-6-5-10(8-17-13)12(18)7-9-3-2-4-11(16)14(9)15/h2-6,8,12,18H,7H2,1H3. The number of nitrogens with zero attached hydrogens (tertiary/aromatic N) is 1. The number of benzene rings is 1. The number of halogens is 2. The van der Waals surface area contributed by atoms with Crippen LogP contribution in [0.2, 0.25) is 5.02 Å². The van der Waals surface area contributed by atoms with E-state index in [0.29, 0.717) is 17.0 Å². The summed E-state index contributed by atoms with van der Waals surface area (Å²) in [6, 6.07) is 7.91. The molecular weight excluding hydrogens is 269 g/mol. The molecule has 3 nitrogen and oxygen atoms in total. The van der Waals surface area contributed by atoms with Crippen LogP contribution in [-0.4, -0.2) is 17.2 Å². The van der Waals surface area contributed by atoms with E-state index in [1.165, 1.54) is 19.4 Å². The molecule has 0 amide bonds. The maximum Gasteiger partial charge on any atom is 0.212 e. The fourth-order valence-corrected chi connectivity index (χ4v) is 1.94. The lowest BCUT2D eigenvalue weighted by atomic mass is 10.0. The predicted octanol–water partition coefficient (Wildman–Crippen LogP) is 3.16. The van der Waals surface area contributed by atoms with Gasteiger partial charge in [-0.05, 0) is 23.3 Å². The number of aromatic nitrogens is 1. The lowest BCUT2D eigenvalue weighted by Gasteiger charge is -2.12. The van der Waals surface area contributed by atoms with Gasteiger partial charge in [-0.15, -0.1) is 0 Å². The summed E-state index contributed by atoms with van der Waals surface area (Å²) in [5, 5.41) is 10.1. The van der Waals surface area contributed by atoms with Gasteiger partial charge in [-0.3, -0.25) is 0 Å². The molecule has 2 rings (SSSR count). The summed E-state index contributed by atoms with van der Waals surface area (Å²) in [6.07, 6.45) is 0.958. The van der Waals surface area contributed by atoms with Gasteiger partial charge in [-0.25, -0.2) is 9.37 Å². The summed E-state index contributed by atoms with van der Waals surface area (Å²) in [7, 11) is 1.52. The maximum atomic E-state index is 13.3. The third-order valence-corrected chi connectivity index (χ3v) is 3.22. The fraction of sp³-hybridized carbons (Fsp3) is 0.214. The second kappa shape index (κ2) is 5.99. The number of rotatable bonds is 4. The highest BCUT2D eigenvalue weighted by atomic mass is 35.5. The molecule has 100 valence electrons. The Hall–Kier alpha value is -1.65. The molecule has 0 aliphatic heterocycles.